The maximum atomic E-state index is 13.0. The number of aromatic amines is 1. The standard InChI is InChI=1S/C19H23N5O2S.C2H6/c1-4-13(10-20)15(5-2)22-19(25)16-14(11-24-6-8-26-9-7-24)17-18(23-16)21-12(3)27-17;1-2/h4,23H,1,5-9,11H2,2-3H3,(H,22,25);1-2H3/b15-13-;. The third-order valence-corrected chi connectivity index (χ3v) is 5.56. The van der Waals surface area contributed by atoms with Crippen LogP contribution in [0.1, 0.15) is 48.3 Å². The summed E-state index contributed by atoms with van der Waals surface area (Å²) in [6.07, 6.45) is 2.00. The van der Waals surface area contributed by atoms with Crippen LogP contribution in [-0.4, -0.2) is 47.1 Å². The SMILES string of the molecule is C=C/C(C#N)=C(\CC)NC(=O)c1[nH]c2nc(C)sc2c1CN1CCOCC1.CC. The van der Waals surface area contributed by atoms with Crippen LogP contribution in [0.2, 0.25) is 0 Å². The maximum Gasteiger partial charge on any atom is 0.272 e. The highest BCUT2D eigenvalue weighted by molar-refractivity contribution is 7.18. The van der Waals surface area contributed by atoms with Crippen LogP contribution in [0.15, 0.2) is 23.9 Å². The Bertz CT molecular complexity index is 929. The number of aromatic nitrogens is 2. The number of thiazole rings is 1. The minimum absolute atomic E-state index is 0.257. The quantitative estimate of drug-likeness (QED) is 0.551. The van der Waals surface area contributed by atoms with E-state index in [0.717, 1.165) is 34.0 Å². The lowest BCUT2D eigenvalue weighted by atomic mass is 10.1. The molecule has 1 amide bonds. The van der Waals surface area contributed by atoms with Crippen molar-refractivity contribution in [3.05, 3.63) is 40.2 Å². The number of morpholine rings is 1. The summed E-state index contributed by atoms with van der Waals surface area (Å²) in [4.78, 5) is 22.9. The van der Waals surface area contributed by atoms with E-state index in [9.17, 15) is 10.1 Å². The lowest BCUT2D eigenvalue weighted by molar-refractivity contribution is 0.0342. The molecule has 0 aromatic carbocycles. The topological polar surface area (TPSA) is 94.0 Å². The molecule has 0 atom stereocenters. The number of hydrogen-bond donors (Lipinski definition) is 2. The van der Waals surface area contributed by atoms with E-state index in [2.05, 4.69) is 32.8 Å². The van der Waals surface area contributed by atoms with Gasteiger partial charge in [-0.05, 0) is 19.4 Å². The highest BCUT2D eigenvalue weighted by Gasteiger charge is 2.24. The number of fused-ring (bicyclic) bond motifs is 1. The molecule has 3 rings (SSSR count). The van der Waals surface area contributed by atoms with Crippen LogP contribution >= 0.6 is 11.3 Å². The Morgan fingerprint density at radius 3 is 2.72 bits per heavy atom. The van der Waals surface area contributed by atoms with E-state index < -0.39 is 0 Å². The summed E-state index contributed by atoms with van der Waals surface area (Å²) in [7, 11) is 0. The first kappa shape index (κ1) is 22.8. The Kier molecular flexibility index (Phi) is 8.58. The number of hydrogen-bond acceptors (Lipinski definition) is 6. The highest BCUT2D eigenvalue weighted by Crippen LogP contribution is 2.29. The first-order chi connectivity index (χ1) is 14.1. The van der Waals surface area contributed by atoms with Crippen molar-refractivity contribution in [1.29, 1.82) is 5.26 Å². The van der Waals surface area contributed by atoms with Crippen LogP contribution in [0.4, 0.5) is 0 Å². The summed E-state index contributed by atoms with van der Waals surface area (Å²) >= 11 is 1.58. The first-order valence-corrected chi connectivity index (χ1v) is 10.7. The zero-order valence-electron chi connectivity index (χ0n) is 17.6. The minimum atomic E-state index is -0.257. The summed E-state index contributed by atoms with van der Waals surface area (Å²) in [6.45, 7) is 15.2. The fourth-order valence-electron chi connectivity index (χ4n) is 3.13. The Morgan fingerprint density at radius 2 is 2.14 bits per heavy atom. The average Bonchev–Trinajstić information content (AvgIpc) is 3.27. The molecule has 29 heavy (non-hydrogen) atoms. The number of nitrogens with one attached hydrogen (secondary N) is 2. The molecule has 156 valence electrons. The van der Waals surface area contributed by atoms with Crippen LogP contribution in [0.5, 0.6) is 0 Å². The van der Waals surface area contributed by atoms with Crippen molar-refractivity contribution in [3.63, 3.8) is 0 Å². The van der Waals surface area contributed by atoms with Gasteiger partial charge in [-0.1, -0.05) is 27.4 Å². The van der Waals surface area contributed by atoms with Gasteiger partial charge in [0, 0.05) is 30.9 Å². The normalized spacial score (nSPS) is 15.1. The zero-order valence-corrected chi connectivity index (χ0v) is 18.4. The van der Waals surface area contributed by atoms with Crippen molar-refractivity contribution in [1.82, 2.24) is 20.2 Å². The summed E-state index contributed by atoms with van der Waals surface area (Å²) in [6, 6.07) is 2.07. The van der Waals surface area contributed by atoms with Crippen LogP contribution in [0, 0.1) is 18.3 Å². The monoisotopic (exact) mass is 415 g/mol. The molecule has 7 nitrogen and oxygen atoms in total. The Balaban J connectivity index is 0.00000145. The second-order valence-electron chi connectivity index (χ2n) is 6.29. The average molecular weight is 416 g/mol. The van der Waals surface area contributed by atoms with Crippen molar-refractivity contribution >= 4 is 27.6 Å². The van der Waals surface area contributed by atoms with E-state index in [4.69, 9.17) is 4.74 Å². The van der Waals surface area contributed by atoms with Gasteiger partial charge in [-0.2, -0.15) is 5.26 Å². The first-order valence-electron chi connectivity index (χ1n) is 9.92. The number of allylic oxidation sites excluding steroid dienone is 3. The Hall–Kier alpha value is -2.47. The van der Waals surface area contributed by atoms with E-state index in [0.29, 0.717) is 43.1 Å². The van der Waals surface area contributed by atoms with E-state index in [1.807, 2.05) is 27.7 Å². The van der Waals surface area contributed by atoms with Gasteiger partial charge in [0.25, 0.3) is 5.91 Å². The number of carbonyl (C=O) groups excluding carboxylic acids is 1. The molecule has 0 saturated carbocycles. The lowest BCUT2D eigenvalue weighted by Crippen LogP contribution is -2.36. The second kappa shape index (κ2) is 10.9. The Morgan fingerprint density at radius 1 is 1.45 bits per heavy atom. The number of H-pyrrole nitrogens is 1. The van der Waals surface area contributed by atoms with Gasteiger partial charge in [-0.25, -0.2) is 4.98 Å². The molecule has 2 aromatic heterocycles. The van der Waals surface area contributed by atoms with Gasteiger partial charge in [0.15, 0.2) is 0 Å². The van der Waals surface area contributed by atoms with Gasteiger partial charge in [0.1, 0.15) is 17.4 Å². The molecule has 2 aromatic rings. The van der Waals surface area contributed by atoms with Crippen LogP contribution in [-0.2, 0) is 11.3 Å². The van der Waals surface area contributed by atoms with E-state index in [-0.39, 0.29) is 5.91 Å². The predicted molar refractivity (Wildman–Crippen MR) is 117 cm³/mol. The van der Waals surface area contributed by atoms with Gasteiger partial charge in [0.05, 0.1) is 28.5 Å². The molecule has 1 aliphatic heterocycles. The molecule has 1 aliphatic rings. The fraction of sp³-hybridized carbons (Fsp3) is 0.476. The molecule has 1 fully saturated rings. The van der Waals surface area contributed by atoms with Crippen LogP contribution < -0.4 is 5.32 Å². The summed E-state index contributed by atoms with van der Waals surface area (Å²) < 4.78 is 6.43. The second-order valence-corrected chi connectivity index (χ2v) is 7.50. The van der Waals surface area contributed by atoms with E-state index in [1.165, 1.54) is 6.08 Å². The number of rotatable bonds is 6. The van der Waals surface area contributed by atoms with Gasteiger partial charge < -0.3 is 15.0 Å². The lowest BCUT2D eigenvalue weighted by Gasteiger charge is -2.26. The zero-order chi connectivity index (χ0) is 21.4. The van der Waals surface area contributed by atoms with Gasteiger partial charge >= 0.3 is 0 Å². The molecule has 3 heterocycles. The van der Waals surface area contributed by atoms with Gasteiger partial charge in [0.2, 0.25) is 0 Å². The van der Waals surface area contributed by atoms with Gasteiger partial charge in [-0.15, -0.1) is 11.3 Å². The fourth-order valence-corrected chi connectivity index (χ4v) is 4.05. The number of nitriles is 1. The molecule has 0 aliphatic carbocycles. The van der Waals surface area contributed by atoms with E-state index in [1.54, 1.807) is 11.3 Å². The van der Waals surface area contributed by atoms with Crippen molar-refractivity contribution < 1.29 is 9.53 Å². The van der Waals surface area contributed by atoms with Crippen molar-refractivity contribution in [3.8, 4) is 6.07 Å². The number of ether oxygens (including phenoxy) is 1. The number of amides is 1. The smallest absolute Gasteiger partial charge is 0.272 e. The van der Waals surface area contributed by atoms with E-state index >= 15 is 0 Å². The third kappa shape index (κ3) is 5.32. The van der Waals surface area contributed by atoms with Crippen molar-refractivity contribution in [2.75, 3.05) is 26.3 Å². The highest BCUT2D eigenvalue weighted by atomic mass is 32.1. The molecular weight excluding hydrogens is 386 g/mol. The molecule has 0 bridgehead atoms. The molecular formula is C21H29N5O2S. The van der Waals surface area contributed by atoms with Crippen LogP contribution in [0.25, 0.3) is 10.3 Å². The summed E-state index contributed by atoms with van der Waals surface area (Å²) in [5, 5.41) is 13.1. The summed E-state index contributed by atoms with van der Waals surface area (Å²) in [5.41, 5.74) is 3.13. The molecule has 8 heteroatoms. The number of carbonyl (C=O) groups is 1. The largest absolute Gasteiger partial charge is 0.379 e. The molecule has 0 radical (unpaired) electrons. The van der Waals surface area contributed by atoms with Crippen molar-refractivity contribution in [2.45, 2.75) is 40.7 Å². The van der Waals surface area contributed by atoms with Crippen LogP contribution in [0.3, 0.4) is 0 Å². The maximum absolute atomic E-state index is 13.0. The minimum Gasteiger partial charge on any atom is -0.379 e. The molecule has 1 saturated heterocycles. The number of nitrogens with zero attached hydrogens (tertiary/aromatic N) is 3. The van der Waals surface area contributed by atoms with Gasteiger partial charge in [-0.3, -0.25) is 9.69 Å². The molecule has 0 spiro atoms. The number of aryl methyl sites for hydroxylation is 1. The van der Waals surface area contributed by atoms with Crippen molar-refractivity contribution in [2.24, 2.45) is 0 Å². The molecule has 2 N–H and O–H groups in total. The Labute approximate surface area is 176 Å². The predicted octanol–water partition coefficient (Wildman–Crippen LogP) is 3.89. The third-order valence-electron chi connectivity index (χ3n) is 4.53. The molecule has 0 unspecified atom stereocenters. The summed E-state index contributed by atoms with van der Waals surface area (Å²) in [5.74, 6) is -0.257.